The molecule has 1 heterocycles. The number of nitrogens with one attached hydrogen (secondary N) is 1. The van der Waals surface area contributed by atoms with Crippen molar-refractivity contribution in [3.63, 3.8) is 0 Å². The second kappa shape index (κ2) is 5.25. The van der Waals surface area contributed by atoms with Gasteiger partial charge in [-0.2, -0.15) is 0 Å². The van der Waals surface area contributed by atoms with Crippen LogP contribution in [-0.4, -0.2) is 16.0 Å². The number of hydrogen-bond acceptors (Lipinski definition) is 3. The molecule has 0 radical (unpaired) electrons. The summed E-state index contributed by atoms with van der Waals surface area (Å²) >= 11 is 0. The fourth-order valence-electron chi connectivity index (χ4n) is 2.52. The van der Waals surface area contributed by atoms with Crippen molar-refractivity contribution in [2.75, 3.05) is 5.32 Å². The molecule has 0 saturated heterocycles. The summed E-state index contributed by atoms with van der Waals surface area (Å²) in [6, 6.07) is 2.66. The van der Waals surface area contributed by atoms with E-state index in [1.807, 2.05) is 0 Å². The molecule has 1 fully saturated rings. The van der Waals surface area contributed by atoms with Gasteiger partial charge in [0.05, 0.1) is 0 Å². The topological polar surface area (TPSA) is 37.8 Å². The summed E-state index contributed by atoms with van der Waals surface area (Å²) in [5.74, 6) is 1.44. The third-order valence-electron chi connectivity index (χ3n) is 3.97. The van der Waals surface area contributed by atoms with Crippen molar-refractivity contribution in [1.29, 1.82) is 0 Å². The fraction of sp³-hybridized carbons (Fsp3) is 0.733. The molecular weight excluding hydrogens is 222 g/mol. The summed E-state index contributed by atoms with van der Waals surface area (Å²) in [6.07, 6.45) is 6.76. The lowest BCUT2D eigenvalue weighted by molar-refractivity contribution is 0.232. The summed E-state index contributed by atoms with van der Waals surface area (Å²) in [5, 5.41) is 3.56. The van der Waals surface area contributed by atoms with E-state index >= 15 is 0 Å². The molecule has 0 aliphatic heterocycles. The maximum atomic E-state index is 4.33. The van der Waals surface area contributed by atoms with Crippen LogP contribution < -0.4 is 5.32 Å². The van der Waals surface area contributed by atoms with Crippen LogP contribution in [0.3, 0.4) is 0 Å². The number of anilines is 1. The predicted molar refractivity (Wildman–Crippen MR) is 75.8 cm³/mol. The van der Waals surface area contributed by atoms with Gasteiger partial charge in [-0.1, -0.05) is 27.7 Å². The van der Waals surface area contributed by atoms with Crippen molar-refractivity contribution in [2.45, 2.75) is 65.3 Å². The summed E-state index contributed by atoms with van der Waals surface area (Å²) in [5.41, 5.74) is 1.64. The molecule has 3 heteroatoms. The van der Waals surface area contributed by atoms with Crippen molar-refractivity contribution >= 4 is 5.82 Å². The van der Waals surface area contributed by atoms with E-state index < -0.39 is 0 Å². The van der Waals surface area contributed by atoms with Gasteiger partial charge in [0, 0.05) is 17.8 Å². The average molecular weight is 247 g/mol. The second-order valence-electron chi connectivity index (χ2n) is 6.57. The standard InChI is InChI=1S/C15H25N3/c1-11(2)13-9-14(17-10-16-13)18-12-5-7-15(3,4)8-6-12/h9-12H,5-8H2,1-4H3,(H,16,17,18). The molecule has 0 aromatic carbocycles. The van der Waals surface area contributed by atoms with Crippen molar-refractivity contribution < 1.29 is 0 Å². The minimum Gasteiger partial charge on any atom is -0.367 e. The minimum atomic E-state index is 0.457. The number of aromatic nitrogens is 2. The van der Waals surface area contributed by atoms with E-state index in [0.29, 0.717) is 17.4 Å². The highest BCUT2D eigenvalue weighted by Gasteiger charge is 2.26. The maximum Gasteiger partial charge on any atom is 0.129 e. The third kappa shape index (κ3) is 3.44. The lowest BCUT2D eigenvalue weighted by Crippen LogP contribution is -2.30. The highest BCUT2D eigenvalue weighted by Crippen LogP contribution is 2.35. The first-order valence-electron chi connectivity index (χ1n) is 7.05. The molecule has 0 amide bonds. The molecule has 100 valence electrons. The highest BCUT2D eigenvalue weighted by atomic mass is 15.0. The van der Waals surface area contributed by atoms with Crippen LogP contribution in [0.25, 0.3) is 0 Å². The van der Waals surface area contributed by atoms with Gasteiger partial charge in [-0.25, -0.2) is 9.97 Å². The quantitative estimate of drug-likeness (QED) is 0.878. The maximum absolute atomic E-state index is 4.33. The Kier molecular flexibility index (Phi) is 3.88. The lowest BCUT2D eigenvalue weighted by Gasteiger charge is -2.34. The molecule has 2 rings (SSSR count). The molecule has 0 unspecified atom stereocenters. The lowest BCUT2D eigenvalue weighted by atomic mass is 9.75. The Morgan fingerprint density at radius 1 is 1.22 bits per heavy atom. The monoisotopic (exact) mass is 247 g/mol. The molecule has 0 spiro atoms. The first kappa shape index (κ1) is 13.3. The molecule has 0 atom stereocenters. The molecule has 1 aliphatic carbocycles. The Hall–Kier alpha value is -1.12. The van der Waals surface area contributed by atoms with Crippen molar-refractivity contribution in [3.8, 4) is 0 Å². The van der Waals surface area contributed by atoms with Crippen LogP contribution in [-0.2, 0) is 0 Å². The van der Waals surface area contributed by atoms with Gasteiger partial charge in [0.2, 0.25) is 0 Å². The summed E-state index contributed by atoms with van der Waals surface area (Å²) in [4.78, 5) is 8.63. The normalized spacial score (nSPS) is 20.1. The Labute approximate surface area is 110 Å². The van der Waals surface area contributed by atoms with Crippen LogP contribution in [0.1, 0.15) is 65.0 Å². The average Bonchev–Trinajstić information content (AvgIpc) is 2.32. The molecule has 1 aliphatic rings. The van der Waals surface area contributed by atoms with E-state index in [2.05, 4.69) is 49.0 Å². The van der Waals surface area contributed by atoms with Gasteiger partial charge in [-0.05, 0) is 37.0 Å². The molecule has 1 N–H and O–H groups in total. The number of hydrogen-bond donors (Lipinski definition) is 1. The van der Waals surface area contributed by atoms with Crippen LogP contribution in [0.4, 0.5) is 5.82 Å². The van der Waals surface area contributed by atoms with Crippen LogP contribution in [0, 0.1) is 5.41 Å². The van der Waals surface area contributed by atoms with Crippen LogP contribution in [0.15, 0.2) is 12.4 Å². The van der Waals surface area contributed by atoms with Crippen molar-refractivity contribution in [2.24, 2.45) is 5.41 Å². The third-order valence-corrected chi connectivity index (χ3v) is 3.97. The van der Waals surface area contributed by atoms with E-state index in [4.69, 9.17) is 0 Å². The van der Waals surface area contributed by atoms with E-state index in [9.17, 15) is 0 Å². The molecule has 3 nitrogen and oxygen atoms in total. The molecular formula is C15H25N3. The zero-order valence-electron chi connectivity index (χ0n) is 12.0. The molecule has 1 aromatic heterocycles. The van der Waals surface area contributed by atoms with Crippen molar-refractivity contribution in [1.82, 2.24) is 9.97 Å². The zero-order chi connectivity index (χ0) is 13.2. The Morgan fingerprint density at radius 2 is 1.89 bits per heavy atom. The smallest absolute Gasteiger partial charge is 0.129 e. The summed E-state index contributed by atoms with van der Waals surface area (Å²) in [7, 11) is 0. The first-order chi connectivity index (χ1) is 8.46. The fourth-order valence-corrected chi connectivity index (χ4v) is 2.52. The molecule has 0 bridgehead atoms. The van der Waals surface area contributed by atoms with Gasteiger partial charge in [-0.15, -0.1) is 0 Å². The van der Waals surface area contributed by atoms with Gasteiger partial charge in [0.25, 0.3) is 0 Å². The van der Waals surface area contributed by atoms with Gasteiger partial charge < -0.3 is 5.32 Å². The SMILES string of the molecule is CC(C)c1cc(NC2CCC(C)(C)CC2)ncn1. The number of nitrogens with zero attached hydrogens (tertiary/aromatic N) is 2. The molecule has 18 heavy (non-hydrogen) atoms. The van der Waals surface area contributed by atoms with E-state index in [-0.39, 0.29) is 0 Å². The summed E-state index contributed by atoms with van der Waals surface area (Å²) < 4.78 is 0. The van der Waals surface area contributed by atoms with Crippen LogP contribution >= 0.6 is 0 Å². The van der Waals surface area contributed by atoms with Gasteiger partial charge in [-0.3, -0.25) is 0 Å². The van der Waals surface area contributed by atoms with E-state index in [1.165, 1.54) is 25.7 Å². The Balaban J connectivity index is 1.96. The zero-order valence-corrected chi connectivity index (χ0v) is 12.0. The summed E-state index contributed by atoms with van der Waals surface area (Å²) in [6.45, 7) is 9.06. The van der Waals surface area contributed by atoms with Gasteiger partial charge in [0.15, 0.2) is 0 Å². The van der Waals surface area contributed by atoms with Crippen molar-refractivity contribution in [3.05, 3.63) is 18.1 Å². The van der Waals surface area contributed by atoms with Crippen LogP contribution in [0.5, 0.6) is 0 Å². The second-order valence-corrected chi connectivity index (χ2v) is 6.57. The minimum absolute atomic E-state index is 0.457. The van der Waals surface area contributed by atoms with E-state index in [1.54, 1.807) is 6.33 Å². The van der Waals surface area contributed by atoms with Gasteiger partial charge in [0.1, 0.15) is 12.1 Å². The van der Waals surface area contributed by atoms with E-state index in [0.717, 1.165) is 11.5 Å². The Morgan fingerprint density at radius 3 is 2.50 bits per heavy atom. The predicted octanol–water partition coefficient (Wildman–Crippen LogP) is 3.98. The Bertz CT molecular complexity index is 388. The van der Waals surface area contributed by atoms with Gasteiger partial charge >= 0.3 is 0 Å². The molecule has 1 saturated carbocycles. The van der Waals surface area contributed by atoms with Crippen LogP contribution in [0.2, 0.25) is 0 Å². The number of rotatable bonds is 3. The highest BCUT2D eigenvalue weighted by molar-refractivity contribution is 5.36. The largest absolute Gasteiger partial charge is 0.367 e. The first-order valence-corrected chi connectivity index (χ1v) is 7.05. The molecule has 1 aromatic rings.